The van der Waals surface area contributed by atoms with Gasteiger partial charge in [0, 0.05) is 5.69 Å². The summed E-state index contributed by atoms with van der Waals surface area (Å²) in [6.45, 7) is 4.22. The van der Waals surface area contributed by atoms with Gasteiger partial charge in [-0.2, -0.15) is 0 Å². The molecule has 1 heterocycles. The van der Waals surface area contributed by atoms with Crippen LogP contribution >= 0.6 is 0 Å². The van der Waals surface area contributed by atoms with Gasteiger partial charge in [-0.3, -0.25) is 9.36 Å². The van der Waals surface area contributed by atoms with Gasteiger partial charge in [0.25, 0.3) is 5.91 Å². The van der Waals surface area contributed by atoms with Crippen molar-refractivity contribution in [2.75, 3.05) is 19.0 Å². The van der Waals surface area contributed by atoms with E-state index < -0.39 is 0 Å². The lowest BCUT2D eigenvalue weighted by molar-refractivity contribution is -0.118. The number of nitrogens with one attached hydrogen (secondary N) is 1. The van der Waals surface area contributed by atoms with E-state index in [2.05, 4.69) is 29.4 Å². The number of hydrogen-bond donors (Lipinski definition) is 1. The minimum atomic E-state index is -0.245. The molecule has 3 rings (SSSR count). The monoisotopic (exact) mass is 380 g/mol. The predicted octanol–water partition coefficient (Wildman–Crippen LogP) is 3.81. The predicted molar refractivity (Wildman–Crippen MR) is 107 cm³/mol. The highest BCUT2D eigenvalue weighted by Gasteiger charge is 2.13. The molecular formula is C21H24N4O3. The van der Waals surface area contributed by atoms with Crippen LogP contribution in [0.3, 0.4) is 0 Å². The van der Waals surface area contributed by atoms with Gasteiger partial charge >= 0.3 is 0 Å². The highest BCUT2D eigenvalue weighted by atomic mass is 16.5. The zero-order valence-corrected chi connectivity index (χ0v) is 16.3. The summed E-state index contributed by atoms with van der Waals surface area (Å²) >= 11 is 0. The van der Waals surface area contributed by atoms with Crippen LogP contribution in [0.25, 0.3) is 5.69 Å². The van der Waals surface area contributed by atoms with E-state index >= 15 is 0 Å². The zero-order valence-electron chi connectivity index (χ0n) is 16.3. The lowest BCUT2D eigenvalue weighted by atomic mass is 9.98. The van der Waals surface area contributed by atoms with Crippen LogP contribution in [0.1, 0.15) is 31.7 Å². The Balaban J connectivity index is 1.71. The molecule has 1 aromatic heterocycles. The maximum atomic E-state index is 12.3. The van der Waals surface area contributed by atoms with Crippen LogP contribution in [0.4, 0.5) is 5.69 Å². The van der Waals surface area contributed by atoms with Crippen molar-refractivity contribution < 1.29 is 14.3 Å². The summed E-state index contributed by atoms with van der Waals surface area (Å²) < 4.78 is 12.7. The van der Waals surface area contributed by atoms with Crippen molar-refractivity contribution in [3.05, 3.63) is 60.7 Å². The Bertz CT molecular complexity index is 908. The molecule has 0 radical (unpaired) electrons. The van der Waals surface area contributed by atoms with Crippen molar-refractivity contribution in [2.24, 2.45) is 0 Å². The number of methoxy groups -OCH3 is 1. The van der Waals surface area contributed by atoms with Gasteiger partial charge in [0.15, 0.2) is 6.61 Å². The number of amides is 1. The van der Waals surface area contributed by atoms with Gasteiger partial charge < -0.3 is 14.8 Å². The minimum Gasteiger partial charge on any atom is -0.497 e. The van der Waals surface area contributed by atoms with E-state index in [1.54, 1.807) is 48.6 Å². The van der Waals surface area contributed by atoms with E-state index in [0.29, 0.717) is 17.4 Å². The van der Waals surface area contributed by atoms with Gasteiger partial charge in [-0.25, -0.2) is 0 Å². The molecule has 7 nitrogen and oxygen atoms in total. The maximum absolute atomic E-state index is 12.3. The summed E-state index contributed by atoms with van der Waals surface area (Å²) in [5, 5.41) is 10.5. The van der Waals surface area contributed by atoms with Crippen LogP contribution in [0, 0.1) is 0 Å². The number of rotatable bonds is 8. The fourth-order valence-corrected chi connectivity index (χ4v) is 2.74. The fourth-order valence-electron chi connectivity index (χ4n) is 2.74. The molecule has 0 saturated heterocycles. The second-order valence-electron chi connectivity index (χ2n) is 6.47. The van der Waals surface area contributed by atoms with E-state index in [1.165, 1.54) is 5.56 Å². The molecule has 0 bridgehead atoms. The van der Waals surface area contributed by atoms with Crippen LogP contribution in [-0.2, 0) is 4.79 Å². The number of carbonyl (C=O) groups is 1. The van der Waals surface area contributed by atoms with Crippen molar-refractivity contribution >= 4 is 11.6 Å². The molecule has 0 aliphatic rings. The molecule has 1 atom stereocenters. The highest BCUT2D eigenvalue weighted by Crippen LogP contribution is 2.28. The third-order valence-corrected chi connectivity index (χ3v) is 4.59. The van der Waals surface area contributed by atoms with E-state index in [-0.39, 0.29) is 12.5 Å². The molecule has 0 aliphatic heterocycles. The van der Waals surface area contributed by atoms with Crippen LogP contribution in [0.5, 0.6) is 11.5 Å². The van der Waals surface area contributed by atoms with E-state index in [9.17, 15) is 4.79 Å². The van der Waals surface area contributed by atoms with Crippen LogP contribution in [-0.4, -0.2) is 34.4 Å². The second kappa shape index (κ2) is 9.03. The van der Waals surface area contributed by atoms with Gasteiger partial charge in [0.05, 0.1) is 12.8 Å². The lowest BCUT2D eigenvalue weighted by Crippen LogP contribution is -2.20. The summed E-state index contributed by atoms with van der Waals surface area (Å²) in [7, 11) is 1.60. The van der Waals surface area contributed by atoms with Gasteiger partial charge in [-0.1, -0.05) is 19.9 Å². The number of nitrogens with zero attached hydrogens (tertiary/aromatic N) is 3. The topological polar surface area (TPSA) is 78.3 Å². The van der Waals surface area contributed by atoms with Gasteiger partial charge in [0.1, 0.15) is 24.2 Å². The van der Waals surface area contributed by atoms with Crippen LogP contribution < -0.4 is 14.8 Å². The summed E-state index contributed by atoms with van der Waals surface area (Å²) in [6.07, 6.45) is 4.26. The Morgan fingerprint density at radius 1 is 1.14 bits per heavy atom. The molecule has 1 N–H and O–H groups in total. The van der Waals surface area contributed by atoms with Crippen molar-refractivity contribution in [3.63, 3.8) is 0 Å². The quantitative estimate of drug-likeness (QED) is 0.643. The third kappa shape index (κ3) is 4.68. The third-order valence-electron chi connectivity index (χ3n) is 4.59. The number of benzene rings is 2. The van der Waals surface area contributed by atoms with E-state index in [4.69, 9.17) is 9.47 Å². The SMILES string of the molecule is CCC(C)c1ccc(OCC(=O)Nc2ccc(OC)cc2)c(-n2cnnc2)c1. The van der Waals surface area contributed by atoms with Crippen molar-refractivity contribution in [2.45, 2.75) is 26.2 Å². The maximum Gasteiger partial charge on any atom is 0.262 e. The zero-order chi connectivity index (χ0) is 19.9. The molecule has 1 unspecified atom stereocenters. The summed E-state index contributed by atoms with van der Waals surface area (Å²) in [5.41, 5.74) is 2.68. The molecule has 0 aliphatic carbocycles. The molecule has 7 heteroatoms. The van der Waals surface area contributed by atoms with Gasteiger partial charge in [-0.05, 0) is 54.3 Å². The molecule has 28 heavy (non-hydrogen) atoms. The first-order valence-corrected chi connectivity index (χ1v) is 9.16. The fraction of sp³-hybridized carbons (Fsp3) is 0.286. The number of anilines is 1. The number of carbonyl (C=O) groups excluding carboxylic acids is 1. The van der Waals surface area contributed by atoms with Gasteiger partial charge in [0.2, 0.25) is 0 Å². The Labute approximate surface area is 164 Å². The number of aromatic nitrogens is 3. The van der Waals surface area contributed by atoms with Gasteiger partial charge in [-0.15, -0.1) is 10.2 Å². The Morgan fingerprint density at radius 3 is 2.50 bits per heavy atom. The average molecular weight is 380 g/mol. The summed E-state index contributed by atoms with van der Waals surface area (Å²) in [4.78, 5) is 12.3. The highest BCUT2D eigenvalue weighted by molar-refractivity contribution is 5.91. The normalized spacial score (nSPS) is 11.7. The summed E-state index contributed by atoms with van der Waals surface area (Å²) in [6, 6.07) is 13.1. The Hall–Kier alpha value is -3.35. The molecular weight excluding hydrogens is 356 g/mol. The standard InChI is InChI=1S/C21H24N4O3/c1-4-15(2)16-5-10-20(19(11-16)25-13-22-23-14-25)28-12-21(26)24-17-6-8-18(27-3)9-7-17/h5-11,13-15H,4,12H2,1-3H3,(H,24,26). The Morgan fingerprint density at radius 2 is 1.86 bits per heavy atom. The molecule has 0 saturated carbocycles. The Kier molecular flexibility index (Phi) is 6.26. The molecule has 1 amide bonds. The molecule has 3 aromatic rings. The van der Waals surface area contributed by atoms with Crippen LogP contribution in [0.2, 0.25) is 0 Å². The number of hydrogen-bond acceptors (Lipinski definition) is 5. The first kappa shape index (κ1) is 19.4. The van der Waals surface area contributed by atoms with Crippen LogP contribution in [0.15, 0.2) is 55.1 Å². The molecule has 0 fully saturated rings. The smallest absolute Gasteiger partial charge is 0.262 e. The summed E-state index contributed by atoms with van der Waals surface area (Å²) in [5.74, 6) is 1.50. The minimum absolute atomic E-state index is 0.107. The lowest BCUT2D eigenvalue weighted by Gasteiger charge is -2.16. The number of ether oxygens (including phenoxy) is 2. The van der Waals surface area contributed by atoms with Crippen molar-refractivity contribution in [3.8, 4) is 17.2 Å². The second-order valence-corrected chi connectivity index (χ2v) is 6.47. The van der Waals surface area contributed by atoms with E-state index in [0.717, 1.165) is 17.9 Å². The molecule has 2 aromatic carbocycles. The van der Waals surface area contributed by atoms with Crippen molar-refractivity contribution in [1.82, 2.24) is 14.8 Å². The average Bonchev–Trinajstić information content (AvgIpc) is 3.27. The van der Waals surface area contributed by atoms with Crippen molar-refractivity contribution in [1.29, 1.82) is 0 Å². The first-order chi connectivity index (χ1) is 13.6. The van der Waals surface area contributed by atoms with E-state index in [1.807, 2.05) is 18.2 Å². The largest absolute Gasteiger partial charge is 0.497 e. The molecule has 146 valence electrons. The first-order valence-electron chi connectivity index (χ1n) is 9.16. The molecule has 0 spiro atoms.